The van der Waals surface area contributed by atoms with E-state index in [9.17, 15) is 19.4 Å². The molecule has 6 heterocycles. The summed E-state index contributed by atoms with van der Waals surface area (Å²) in [6.45, 7) is -5.45. The second-order valence-electron chi connectivity index (χ2n) is 9.74. The minimum absolute atomic E-state index is 0.105. The normalized spacial score (nSPS) is 30.7. The lowest BCUT2D eigenvalue weighted by Gasteiger charge is -2.29. The molecule has 0 bridgehead atoms. The minimum atomic E-state index is -4.21. The van der Waals surface area contributed by atoms with Crippen LogP contribution in [-0.4, -0.2) is 98.2 Å². The van der Waals surface area contributed by atoms with Gasteiger partial charge in [-0.1, -0.05) is 5.21 Å². The Hall–Kier alpha value is -2.39. The molecule has 10 atom stereocenters. The Morgan fingerprint density at radius 2 is 2.07 bits per heavy atom. The molecule has 6 rings (SSSR count). The average Bonchev–Trinajstić information content (AvgIpc) is 3.72. The second-order valence-corrected chi connectivity index (χ2v) is 16.3. The van der Waals surface area contributed by atoms with Gasteiger partial charge in [-0.3, -0.25) is 9.78 Å². The zero-order chi connectivity index (χ0) is 31.5. The first kappa shape index (κ1) is 31.6. The van der Waals surface area contributed by atoms with Gasteiger partial charge in [-0.15, -0.1) is 21.4 Å². The van der Waals surface area contributed by atoms with Crippen molar-refractivity contribution in [2.75, 3.05) is 24.7 Å². The highest BCUT2D eigenvalue weighted by Crippen LogP contribution is 2.62. The van der Waals surface area contributed by atoms with Crippen molar-refractivity contribution in [1.29, 1.82) is 0 Å². The van der Waals surface area contributed by atoms with Crippen LogP contribution in [0.3, 0.4) is 0 Å². The first-order chi connectivity index (χ1) is 20.9. The van der Waals surface area contributed by atoms with Crippen molar-refractivity contribution < 1.29 is 37.1 Å². The third kappa shape index (κ3) is 5.50. The highest BCUT2D eigenvalue weighted by molar-refractivity contribution is 8.39. The van der Waals surface area contributed by atoms with Crippen molar-refractivity contribution in [2.45, 2.75) is 47.1 Å². The van der Waals surface area contributed by atoms with Crippen molar-refractivity contribution in [3.05, 3.63) is 28.9 Å². The van der Waals surface area contributed by atoms with Gasteiger partial charge >= 0.3 is 7.23 Å². The molecule has 24 heteroatoms. The van der Waals surface area contributed by atoms with Crippen LogP contribution < -0.4 is 17.0 Å². The molecule has 0 radical (unpaired) electrons. The molecule has 0 amide bonds. The summed E-state index contributed by atoms with van der Waals surface area (Å²) in [5.41, 5.74) is 9.32. The molecule has 0 aromatic carbocycles. The van der Waals surface area contributed by atoms with Gasteiger partial charge in [-0.2, -0.15) is 4.98 Å². The van der Waals surface area contributed by atoms with Crippen molar-refractivity contribution in [1.82, 2.24) is 39.5 Å². The zero-order valence-electron chi connectivity index (χ0n) is 21.9. The van der Waals surface area contributed by atoms with Crippen molar-refractivity contribution >= 4 is 83.5 Å². The number of aromatic nitrogens is 8. The number of nitrogens with one attached hydrogen (secondary N) is 1. The molecule has 4 aromatic rings. The SMILES string of the molecule is Nc1nc2c(nnn2[C@@H]2S[C@H](CO)[C@@H](F)[C@H]2P(O)(=S)OC[C@H]2O[C@@H](n3ccc4c(N)ncnc43)[C@@H](F)[C@@H]2O[P+](=O)S)c(=O)[nH]1. The molecule has 7 N–H and O–H groups in total. The molecule has 2 fully saturated rings. The monoisotopic (exact) mass is 711 g/mol. The molecule has 2 saturated heterocycles. The molecule has 44 heavy (non-hydrogen) atoms. The number of thiol groups is 1. The smallest absolute Gasteiger partial charge is 0.395 e. The number of aromatic amines is 1. The van der Waals surface area contributed by atoms with Crippen LogP contribution >= 0.6 is 37.7 Å². The van der Waals surface area contributed by atoms with E-state index in [0.717, 1.165) is 16.4 Å². The van der Waals surface area contributed by atoms with Crippen LogP contribution in [0.25, 0.3) is 22.2 Å². The van der Waals surface area contributed by atoms with Gasteiger partial charge in [-0.05, 0) is 22.4 Å². The molecule has 17 nitrogen and oxygen atoms in total. The Morgan fingerprint density at radius 1 is 1.30 bits per heavy atom. The van der Waals surface area contributed by atoms with E-state index in [0.29, 0.717) is 5.39 Å². The summed E-state index contributed by atoms with van der Waals surface area (Å²) in [4.78, 5) is 38.1. The first-order valence-corrected chi connectivity index (χ1v) is 18.6. The van der Waals surface area contributed by atoms with Crippen LogP contribution in [0.2, 0.25) is 0 Å². The van der Waals surface area contributed by atoms with Crippen LogP contribution in [0.15, 0.2) is 23.4 Å². The van der Waals surface area contributed by atoms with E-state index < -0.39 is 79.6 Å². The number of nitrogen functional groups attached to an aromatic ring is 2. The number of H-pyrrole nitrogens is 1. The molecular formula is C20H23F2N10O7P2S3+. The largest absolute Gasteiger partial charge is 0.582 e. The highest BCUT2D eigenvalue weighted by Gasteiger charge is 2.55. The predicted molar refractivity (Wildman–Crippen MR) is 161 cm³/mol. The molecule has 2 unspecified atom stereocenters. The van der Waals surface area contributed by atoms with E-state index in [-0.39, 0.29) is 28.6 Å². The fraction of sp³-hybridized carbons (Fsp3) is 0.500. The van der Waals surface area contributed by atoms with Crippen molar-refractivity contribution in [2.24, 2.45) is 0 Å². The molecule has 2 aliphatic heterocycles. The second kappa shape index (κ2) is 12.1. The van der Waals surface area contributed by atoms with Crippen LogP contribution in [0.5, 0.6) is 0 Å². The lowest BCUT2D eigenvalue weighted by atomic mass is 10.1. The van der Waals surface area contributed by atoms with Crippen molar-refractivity contribution in [3.8, 4) is 0 Å². The number of thioether (sulfide) groups is 1. The van der Waals surface area contributed by atoms with Gasteiger partial charge in [0.15, 0.2) is 36.2 Å². The molecule has 236 valence electrons. The molecule has 0 aliphatic carbocycles. The lowest BCUT2D eigenvalue weighted by molar-refractivity contribution is -0.0383. The maximum Gasteiger partial charge on any atom is 0.582 e. The van der Waals surface area contributed by atoms with Crippen LogP contribution in [0, 0.1) is 0 Å². The third-order valence-electron chi connectivity index (χ3n) is 7.16. The number of rotatable bonds is 9. The number of alkyl halides is 2. The van der Waals surface area contributed by atoms with E-state index >= 15 is 8.78 Å². The van der Waals surface area contributed by atoms with Crippen molar-refractivity contribution in [3.63, 3.8) is 0 Å². The Morgan fingerprint density at radius 3 is 2.80 bits per heavy atom. The topological polar surface area (TPSA) is 244 Å². The Labute approximate surface area is 260 Å². The number of ether oxygens (including phenoxy) is 1. The van der Waals surface area contributed by atoms with E-state index in [1.807, 2.05) is 0 Å². The number of anilines is 2. The number of nitrogens with zero attached hydrogens (tertiary/aromatic N) is 7. The summed E-state index contributed by atoms with van der Waals surface area (Å²) in [5.74, 6) is -0.101. The maximum absolute atomic E-state index is 15.8. The van der Waals surface area contributed by atoms with Gasteiger partial charge in [0, 0.05) is 6.20 Å². The summed E-state index contributed by atoms with van der Waals surface area (Å²) in [6, 6.07) is 1.56. The Balaban J connectivity index is 1.29. The van der Waals surface area contributed by atoms with Gasteiger partial charge in [-0.25, -0.2) is 23.4 Å². The molecule has 0 saturated carbocycles. The number of aliphatic hydroxyl groups is 1. The van der Waals surface area contributed by atoms with Crippen LogP contribution in [0.4, 0.5) is 20.5 Å². The number of fused-ring (bicyclic) bond motifs is 2. The quantitative estimate of drug-likeness (QED) is 0.105. The Kier molecular flexibility index (Phi) is 8.68. The number of hydrogen-bond donors (Lipinski definition) is 6. The average molecular weight is 712 g/mol. The van der Waals surface area contributed by atoms with E-state index in [1.54, 1.807) is 6.07 Å². The summed E-state index contributed by atoms with van der Waals surface area (Å²) < 4.78 is 62.7. The fourth-order valence-corrected chi connectivity index (χ4v) is 10.8. The summed E-state index contributed by atoms with van der Waals surface area (Å²) in [5, 5.41) is 15.8. The molecule has 0 spiro atoms. The standard InChI is InChI=1S/C20H22F2N10O7P2S3/c21-9-8(3-33)44-19(32-16-11(29-30-32)17(34)28-20(24)27-16)13(9)41(36,43)37-4-7-12(39-40(35)42)10(22)18(38-7)31-2-1-6-14(23)25-5-26-15(6)31/h1-2,5,7-10,12-13,18-19,33H,3-4H2,(H6-,23,24,25,26,27,28,30,34,35,36,42,43)/p+1/t7-,8-,9-,10+,12-,13-,18-,19-,41?/m1/s1. The third-order valence-corrected chi connectivity index (χ3v) is 12.5. The van der Waals surface area contributed by atoms with Gasteiger partial charge in [0.05, 0.1) is 29.5 Å². The fourth-order valence-electron chi connectivity index (χ4n) is 5.17. The maximum atomic E-state index is 15.8. The summed E-state index contributed by atoms with van der Waals surface area (Å²) >= 11 is 10.0. The minimum Gasteiger partial charge on any atom is -0.395 e. The van der Waals surface area contributed by atoms with E-state index in [1.165, 1.54) is 17.1 Å². The summed E-state index contributed by atoms with van der Waals surface area (Å²) in [7, 11) is -2.62. The number of nitrogens with two attached hydrogens (primary N) is 2. The van der Waals surface area contributed by atoms with E-state index in [2.05, 4.69) is 42.5 Å². The number of halogens is 2. The lowest BCUT2D eigenvalue weighted by Crippen LogP contribution is -2.34. The molecule has 2 aliphatic rings. The van der Waals surface area contributed by atoms with Crippen LogP contribution in [-0.2, 0) is 30.2 Å². The van der Waals surface area contributed by atoms with Crippen LogP contribution in [0.1, 0.15) is 11.6 Å². The van der Waals surface area contributed by atoms with Gasteiger partial charge in [0.25, 0.3) is 5.56 Å². The van der Waals surface area contributed by atoms with Gasteiger partial charge in [0.2, 0.25) is 5.95 Å². The van der Waals surface area contributed by atoms with E-state index in [4.69, 9.17) is 37.1 Å². The highest BCUT2D eigenvalue weighted by atomic mass is 32.7. The summed E-state index contributed by atoms with van der Waals surface area (Å²) in [6.07, 6.45) is -5.35. The van der Waals surface area contributed by atoms with Gasteiger partial charge in [0.1, 0.15) is 47.7 Å². The van der Waals surface area contributed by atoms with Gasteiger partial charge < -0.3 is 35.3 Å². The number of hydrogen-bond acceptors (Lipinski definition) is 15. The number of aliphatic hydroxyl groups excluding tert-OH is 1. The molecule has 4 aromatic heterocycles. The molecular weight excluding hydrogens is 688 g/mol. The Bertz CT molecular complexity index is 1850. The predicted octanol–water partition coefficient (Wildman–Crippen LogP) is 0.963. The zero-order valence-corrected chi connectivity index (χ0v) is 26.2. The first-order valence-electron chi connectivity index (χ1n) is 12.6.